The molecule has 0 amide bonds. The summed E-state index contributed by atoms with van der Waals surface area (Å²) in [5.74, 6) is -1.07. The van der Waals surface area contributed by atoms with Crippen molar-refractivity contribution in [2.24, 2.45) is 0 Å². The molecule has 6 heteroatoms. The summed E-state index contributed by atoms with van der Waals surface area (Å²) in [6, 6.07) is 12.6. The van der Waals surface area contributed by atoms with Crippen LogP contribution in [-0.4, -0.2) is 5.97 Å². The van der Waals surface area contributed by atoms with Gasteiger partial charge in [-0.05, 0) is 36.6 Å². The second-order valence-electron chi connectivity index (χ2n) is 4.25. The molecule has 0 saturated heterocycles. The second kappa shape index (κ2) is 8.66. The molecule has 2 aromatic rings. The maximum Gasteiger partial charge on any atom is 1.00 e. The molecule has 0 saturated carbocycles. The molecule has 0 heterocycles. The molecule has 0 aromatic heterocycles. The number of nitrogens with one attached hydrogen (secondary N) is 1. The molecule has 0 fully saturated rings. The standard InChI is InChI=1S/C15H13Cl2NO2.Na/c16-11-5-3-6-12(17)15(11)18-13-7-2-1-4-10(13)8-9-14(19)20;/h1-7,18H,8-9H2,(H,19,20);/q;+1/p-1. The van der Waals surface area contributed by atoms with Gasteiger partial charge in [-0.1, -0.05) is 47.5 Å². The first-order chi connectivity index (χ1) is 9.58. The van der Waals surface area contributed by atoms with Gasteiger partial charge >= 0.3 is 29.6 Å². The first-order valence-electron chi connectivity index (χ1n) is 6.06. The number of para-hydroxylation sites is 2. The van der Waals surface area contributed by atoms with Gasteiger partial charge in [0, 0.05) is 11.7 Å². The SMILES string of the molecule is O=C([O-])CCc1ccccc1Nc1c(Cl)cccc1Cl.[Na+]. The van der Waals surface area contributed by atoms with Crippen LogP contribution in [0, 0.1) is 0 Å². The number of carbonyl (C=O) groups is 1. The number of anilines is 2. The molecule has 104 valence electrons. The van der Waals surface area contributed by atoms with Crippen LogP contribution in [0.5, 0.6) is 0 Å². The van der Waals surface area contributed by atoms with E-state index in [1.54, 1.807) is 18.2 Å². The molecule has 1 N–H and O–H groups in total. The Kier molecular flexibility index (Phi) is 7.57. The first kappa shape index (κ1) is 18.3. The van der Waals surface area contributed by atoms with Crippen LogP contribution in [0.3, 0.4) is 0 Å². The summed E-state index contributed by atoms with van der Waals surface area (Å²) in [5, 5.41) is 14.7. The predicted octanol–water partition coefficient (Wildman–Crippen LogP) is 0.423. The Labute approximate surface area is 155 Å². The summed E-state index contributed by atoms with van der Waals surface area (Å²) < 4.78 is 0. The van der Waals surface area contributed by atoms with Gasteiger partial charge in [0.2, 0.25) is 0 Å². The van der Waals surface area contributed by atoms with E-state index in [-0.39, 0.29) is 36.0 Å². The predicted molar refractivity (Wildman–Crippen MR) is 79.5 cm³/mol. The Bertz CT molecular complexity index is 615. The van der Waals surface area contributed by atoms with Crippen molar-refractivity contribution in [2.75, 3.05) is 5.32 Å². The van der Waals surface area contributed by atoms with Crippen LogP contribution in [0.15, 0.2) is 42.5 Å². The smallest absolute Gasteiger partial charge is 0.550 e. The molecule has 0 aliphatic heterocycles. The van der Waals surface area contributed by atoms with Gasteiger partial charge in [0.25, 0.3) is 0 Å². The average molecular weight is 332 g/mol. The van der Waals surface area contributed by atoms with E-state index >= 15 is 0 Å². The van der Waals surface area contributed by atoms with Crippen molar-refractivity contribution in [1.29, 1.82) is 0 Å². The summed E-state index contributed by atoms with van der Waals surface area (Å²) in [6.45, 7) is 0. The van der Waals surface area contributed by atoms with Gasteiger partial charge in [0.05, 0.1) is 15.7 Å². The van der Waals surface area contributed by atoms with Crippen molar-refractivity contribution in [1.82, 2.24) is 0 Å². The van der Waals surface area contributed by atoms with Gasteiger partial charge in [-0.25, -0.2) is 0 Å². The largest absolute Gasteiger partial charge is 1.00 e. The van der Waals surface area contributed by atoms with Crippen LogP contribution in [0.25, 0.3) is 0 Å². The van der Waals surface area contributed by atoms with Gasteiger partial charge in [0.15, 0.2) is 0 Å². The summed E-state index contributed by atoms with van der Waals surface area (Å²) in [6.07, 6.45) is 0.350. The maximum atomic E-state index is 10.6. The Morgan fingerprint density at radius 2 is 1.67 bits per heavy atom. The van der Waals surface area contributed by atoms with Crippen molar-refractivity contribution in [3.8, 4) is 0 Å². The van der Waals surface area contributed by atoms with E-state index in [1.165, 1.54) is 0 Å². The minimum Gasteiger partial charge on any atom is -0.550 e. The summed E-state index contributed by atoms with van der Waals surface area (Å²) in [7, 11) is 0. The van der Waals surface area contributed by atoms with Crippen molar-refractivity contribution in [2.45, 2.75) is 12.8 Å². The van der Waals surface area contributed by atoms with Crippen LogP contribution in [0.4, 0.5) is 11.4 Å². The summed E-state index contributed by atoms with van der Waals surface area (Å²) in [5.41, 5.74) is 2.26. The molecule has 3 nitrogen and oxygen atoms in total. The molecule has 0 unspecified atom stereocenters. The average Bonchev–Trinajstić information content (AvgIpc) is 2.42. The van der Waals surface area contributed by atoms with E-state index in [0.717, 1.165) is 11.3 Å². The van der Waals surface area contributed by atoms with Crippen LogP contribution < -0.4 is 40.0 Å². The monoisotopic (exact) mass is 331 g/mol. The molecular formula is C15H12Cl2NNaO2. The normalized spacial score (nSPS) is 9.81. The Hall–Kier alpha value is -0.710. The van der Waals surface area contributed by atoms with Gasteiger partial charge in [0.1, 0.15) is 0 Å². The van der Waals surface area contributed by atoms with Crippen LogP contribution >= 0.6 is 23.2 Å². The topological polar surface area (TPSA) is 52.2 Å². The zero-order chi connectivity index (χ0) is 14.5. The minimum atomic E-state index is -1.07. The van der Waals surface area contributed by atoms with Crippen molar-refractivity contribution in [3.63, 3.8) is 0 Å². The fourth-order valence-electron chi connectivity index (χ4n) is 1.85. The number of aliphatic carboxylic acids is 1. The van der Waals surface area contributed by atoms with Gasteiger partial charge in [-0.2, -0.15) is 0 Å². The number of carboxylic acid groups (broad SMARTS) is 1. The van der Waals surface area contributed by atoms with Crippen LogP contribution in [0.2, 0.25) is 10.0 Å². The molecule has 2 rings (SSSR count). The number of aryl methyl sites for hydroxylation is 1. The van der Waals surface area contributed by atoms with Crippen LogP contribution in [-0.2, 0) is 11.2 Å². The third-order valence-corrected chi connectivity index (χ3v) is 3.47. The quantitative estimate of drug-likeness (QED) is 0.808. The minimum absolute atomic E-state index is 0. The Morgan fingerprint density at radius 1 is 1.05 bits per heavy atom. The van der Waals surface area contributed by atoms with E-state index in [2.05, 4.69) is 5.32 Å². The zero-order valence-electron chi connectivity index (χ0n) is 11.5. The van der Waals surface area contributed by atoms with Crippen LogP contribution in [0.1, 0.15) is 12.0 Å². The zero-order valence-corrected chi connectivity index (χ0v) is 15.0. The number of halogens is 2. The molecule has 2 aromatic carbocycles. The van der Waals surface area contributed by atoms with Crippen molar-refractivity contribution in [3.05, 3.63) is 58.1 Å². The Balaban J connectivity index is 0.00000220. The number of hydrogen-bond acceptors (Lipinski definition) is 3. The van der Waals surface area contributed by atoms with E-state index in [1.807, 2.05) is 24.3 Å². The fourth-order valence-corrected chi connectivity index (χ4v) is 2.34. The fraction of sp³-hybridized carbons (Fsp3) is 0.133. The molecule has 0 aliphatic rings. The Morgan fingerprint density at radius 3 is 2.29 bits per heavy atom. The third kappa shape index (κ3) is 5.20. The van der Waals surface area contributed by atoms with E-state index in [9.17, 15) is 9.90 Å². The third-order valence-electron chi connectivity index (χ3n) is 2.84. The van der Waals surface area contributed by atoms with Gasteiger partial charge < -0.3 is 15.2 Å². The molecule has 0 atom stereocenters. The molecule has 21 heavy (non-hydrogen) atoms. The molecule has 0 spiro atoms. The number of hydrogen-bond donors (Lipinski definition) is 1. The number of carboxylic acids is 1. The van der Waals surface area contributed by atoms with Gasteiger partial charge in [-0.15, -0.1) is 0 Å². The number of rotatable bonds is 5. The summed E-state index contributed by atoms with van der Waals surface area (Å²) >= 11 is 12.2. The van der Waals surface area contributed by atoms with E-state index in [4.69, 9.17) is 23.2 Å². The van der Waals surface area contributed by atoms with Gasteiger partial charge in [-0.3, -0.25) is 0 Å². The molecule has 0 bridgehead atoms. The van der Waals surface area contributed by atoms with Crippen molar-refractivity contribution >= 4 is 40.5 Å². The number of benzene rings is 2. The summed E-state index contributed by atoms with van der Waals surface area (Å²) in [4.78, 5) is 10.6. The molecular weight excluding hydrogens is 320 g/mol. The van der Waals surface area contributed by atoms with E-state index < -0.39 is 5.97 Å². The maximum absolute atomic E-state index is 10.6. The van der Waals surface area contributed by atoms with Crippen molar-refractivity contribution < 1.29 is 39.5 Å². The molecule has 0 aliphatic carbocycles. The number of carbonyl (C=O) groups excluding carboxylic acids is 1. The first-order valence-corrected chi connectivity index (χ1v) is 6.82. The molecule has 0 radical (unpaired) electrons. The van der Waals surface area contributed by atoms with E-state index in [0.29, 0.717) is 22.2 Å². The second-order valence-corrected chi connectivity index (χ2v) is 5.07.